The van der Waals surface area contributed by atoms with Crippen molar-refractivity contribution in [1.29, 1.82) is 0 Å². The second-order valence-electron chi connectivity index (χ2n) is 5.94. The van der Waals surface area contributed by atoms with E-state index in [-0.39, 0.29) is 0 Å². The molecule has 2 aliphatic heterocycles. The first-order valence-corrected chi connectivity index (χ1v) is 8.37. The fraction of sp³-hybridized carbons (Fsp3) is 0.222. The Balaban J connectivity index is 1.59. The summed E-state index contributed by atoms with van der Waals surface area (Å²) in [6.45, 7) is 2.15. The lowest BCUT2D eigenvalue weighted by atomic mass is 10.0. The summed E-state index contributed by atoms with van der Waals surface area (Å²) in [6.07, 6.45) is 0.972. The summed E-state index contributed by atoms with van der Waals surface area (Å²) in [4.78, 5) is 28.3. The van der Waals surface area contributed by atoms with Crippen LogP contribution in [0.2, 0.25) is 0 Å². The summed E-state index contributed by atoms with van der Waals surface area (Å²) in [5, 5.41) is 0. The van der Waals surface area contributed by atoms with E-state index in [1.807, 2.05) is 18.2 Å². The van der Waals surface area contributed by atoms with Gasteiger partial charge in [-0.2, -0.15) is 0 Å². The Labute approximate surface area is 142 Å². The quantitative estimate of drug-likeness (QED) is 0.763. The lowest BCUT2D eigenvalue weighted by molar-refractivity contribution is -0.114. The summed E-state index contributed by atoms with van der Waals surface area (Å²) in [7, 11) is 0. The highest BCUT2D eigenvalue weighted by atomic mass is 79.9. The van der Waals surface area contributed by atoms with Gasteiger partial charge >= 0.3 is 5.91 Å². The number of fused-ring (bicyclic) bond motifs is 2. The molecule has 0 unspecified atom stereocenters. The highest BCUT2D eigenvalue weighted by Crippen LogP contribution is 2.32. The first kappa shape index (κ1) is 14.6. The van der Waals surface area contributed by atoms with Gasteiger partial charge in [0.1, 0.15) is 0 Å². The Kier molecular flexibility index (Phi) is 3.54. The molecule has 2 aromatic carbocycles. The molecule has 0 bridgehead atoms. The molecule has 2 heterocycles. The summed E-state index contributed by atoms with van der Waals surface area (Å²) in [6, 6.07) is 13.8. The van der Waals surface area contributed by atoms with Gasteiger partial charge in [0, 0.05) is 17.6 Å². The van der Waals surface area contributed by atoms with E-state index in [1.54, 1.807) is 11.0 Å². The molecule has 4 rings (SSSR count). The van der Waals surface area contributed by atoms with E-state index in [0.717, 1.165) is 24.0 Å². The molecule has 0 radical (unpaired) electrons. The number of hydrogen-bond donors (Lipinski definition) is 0. The first-order chi connectivity index (χ1) is 11.1. The maximum absolute atomic E-state index is 12.3. The van der Waals surface area contributed by atoms with E-state index in [4.69, 9.17) is 0 Å². The largest absolute Gasteiger partial charge is 0.300 e. The minimum Gasteiger partial charge on any atom is -0.291 e. The molecule has 2 aromatic rings. The van der Waals surface area contributed by atoms with Gasteiger partial charge in [0.25, 0.3) is 5.78 Å². The van der Waals surface area contributed by atoms with Crippen LogP contribution in [-0.2, 0) is 17.8 Å². The zero-order valence-electron chi connectivity index (χ0n) is 12.5. The van der Waals surface area contributed by atoms with Gasteiger partial charge in [0.15, 0.2) is 0 Å². The van der Waals surface area contributed by atoms with Crippen LogP contribution in [0.3, 0.4) is 0 Å². The molecule has 1 amide bonds. The molecule has 0 N–H and O–H groups in total. The van der Waals surface area contributed by atoms with Crippen LogP contribution in [0, 0.1) is 0 Å². The number of hydrogen-bond acceptors (Lipinski definition) is 3. The minimum atomic E-state index is -0.433. The summed E-state index contributed by atoms with van der Waals surface area (Å²) >= 11 is 3.36. The predicted molar refractivity (Wildman–Crippen MR) is 91.4 cm³/mol. The first-order valence-electron chi connectivity index (χ1n) is 7.58. The van der Waals surface area contributed by atoms with Gasteiger partial charge in [-0.05, 0) is 35.7 Å². The lowest BCUT2D eigenvalue weighted by Gasteiger charge is -2.32. The van der Waals surface area contributed by atoms with Crippen molar-refractivity contribution in [3.8, 4) is 0 Å². The fourth-order valence-electron chi connectivity index (χ4n) is 3.29. The van der Waals surface area contributed by atoms with Gasteiger partial charge < -0.3 is 0 Å². The van der Waals surface area contributed by atoms with Crippen molar-refractivity contribution in [2.45, 2.75) is 13.0 Å². The lowest BCUT2D eigenvalue weighted by Crippen LogP contribution is -2.43. The van der Waals surface area contributed by atoms with Crippen LogP contribution in [0.15, 0.2) is 46.9 Å². The summed E-state index contributed by atoms with van der Waals surface area (Å²) in [5.41, 5.74) is 3.87. The van der Waals surface area contributed by atoms with E-state index >= 15 is 0 Å². The molecule has 0 saturated heterocycles. The average molecular weight is 371 g/mol. The zero-order chi connectivity index (χ0) is 16.0. The van der Waals surface area contributed by atoms with Crippen molar-refractivity contribution < 1.29 is 9.59 Å². The Morgan fingerprint density at radius 3 is 2.65 bits per heavy atom. The monoisotopic (exact) mass is 370 g/mol. The molecule has 0 atom stereocenters. The minimum absolute atomic E-state index is 0.418. The predicted octanol–water partition coefficient (Wildman–Crippen LogP) is 2.99. The second kappa shape index (κ2) is 5.58. The number of Topliss-reactive ketones (excluding diaryl/α,β-unsaturated/α-hetero) is 1. The molecule has 0 spiro atoms. The molecule has 2 aliphatic rings. The number of anilines is 1. The third-order valence-electron chi connectivity index (χ3n) is 4.48. The van der Waals surface area contributed by atoms with Crippen molar-refractivity contribution in [1.82, 2.24) is 4.90 Å². The standard InChI is InChI=1S/C18H15BrN2O2/c19-14-5-6-16-15(9-14)17(22)18(23)21(16)11-20-8-7-12-3-1-2-4-13(12)10-20/h1-6,9H,7-8,10-11H2. The number of nitrogens with zero attached hydrogens (tertiary/aromatic N) is 2. The van der Waals surface area contributed by atoms with Crippen LogP contribution in [0.1, 0.15) is 21.5 Å². The van der Waals surface area contributed by atoms with Crippen LogP contribution in [0.5, 0.6) is 0 Å². The molecule has 0 aromatic heterocycles. The van der Waals surface area contributed by atoms with E-state index in [2.05, 4.69) is 39.0 Å². The maximum atomic E-state index is 12.3. The van der Waals surface area contributed by atoms with E-state index in [9.17, 15) is 9.59 Å². The Morgan fingerprint density at radius 1 is 1.04 bits per heavy atom. The Bertz CT molecular complexity index is 818. The van der Waals surface area contributed by atoms with Crippen molar-refractivity contribution in [2.75, 3.05) is 18.1 Å². The fourth-order valence-corrected chi connectivity index (χ4v) is 3.65. The Hall–Kier alpha value is -1.98. The highest BCUT2D eigenvalue weighted by molar-refractivity contribution is 9.10. The maximum Gasteiger partial charge on any atom is 0.300 e. The number of ketones is 1. The number of benzene rings is 2. The third-order valence-corrected chi connectivity index (χ3v) is 4.98. The topological polar surface area (TPSA) is 40.6 Å². The molecule has 116 valence electrons. The van der Waals surface area contributed by atoms with Crippen molar-refractivity contribution in [3.05, 3.63) is 63.6 Å². The van der Waals surface area contributed by atoms with Gasteiger partial charge in [0.2, 0.25) is 0 Å². The van der Waals surface area contributed by atoms with Gasteiger partial charge in [-0.1, -0.05) is 40.2 Å². The van der Waals surface area contributed by atoms with Gasteiger partial charge in [-0.15, -0.1) is 0 Å². The summed E-state index contributed by atoms with van der Waals surface area (Å²) < 4.78 is 0.811. The molecular formula is C18H15BrN2O2. The normalized spacial score (nSPS) is 17.3. The van der Waals surface area contributed by atoms with Crippen molar-refractivity contribution in [3.63, 3.8) is 0 Å². The molecule has 4 nitrogen and oxygen atoms in total. The van der Waals surface area contributed by atoms with Crippen LogP contribution in [0.4, 0.5) is 5.69 Å². The van der Waals surface area contributed by atoms with Gasteiger partial charge in [-0.25, -0.2) is 0 Å². The van der Waals surface area contributed by atoms with E-state index in [0.29, 0.717) is 17.9 Å². The highest BCUT2D eigenvalue weighted by Gasteiger charge is 2.37. The van der Waals surface area contributed by atoms with Crippen LogP contribution >= 0.6 is 15.9 Å². The second-order valence-corrected chi connectivity index (χ2v) is 6.85. The van der Waals surface area contributed by atoms with Crippen LogP contribution in [0.25, 0.3) is 0 Å². The third kappa shape index (κ3) is 2.50. The molecule has 0 fully saturated rings. The van der Waals surface area contributed by atoms with E-state index < -0.39 is 11.7 Å². The smallest absolute Gasteiger partial charge is 0.291 e. The average Bonchev–Trinajstić information content (AvgIpc) is 2.79. The number of amides is 1. The van der Waals surface area contributed by atoms with Crippen molar-refractivity contribution >= 4 is 33.3 Å². The van der Waals surface area contributed by atoms with Gasteiger partial charge in [-0.3, -0.25) is 19.4 Å². The number of rotatable bonds is 2. The SMILES string of the molecule is O=C1C(=O)N(CN2CCc3ccccc3C2)c2ccc(Br)cc21. The molecular weight excluding hydrogens is 356 g/mol. The van der Waals surface area contributed by atoms with E-state index in [1.165, 1.54) is 11.1 Å². The molecule has 0 saturated carbocycles. The molecule has 23 heavy (non-hydrogen) atoms. The van der Waals surface area contributed by atoms with Crippen molar-refractivity contribution in [2.24, 2.45) is 0 Å². The number of carbonyl (C=O) groups is 2. The molecule has 0 aliphatic carbocycles. The van der Waals surface area contributed by atoms with Crippen LogP contribution in [-0.4, -0.2) is 29.8 Å². The Morgan fingerprint density at radius 2 is 1.83 bits per heavy atom. The molecule has 5 heteroatoms. The number of carbonyl (C=O) groups excluding carboxylic acids is 2. The van der Waals surface area contributed by atoms with Crippen LogP contribution < -0.4 is 4.90 Å². The zero-order valence-corrected chi connectivity index (χ0v) is 14.0. The summed E-state index contributed by atoms with van der Waals surface area (Å²) in [5.74, 6) is -0.851. The van der Waals surface area contributed by atoms with Gasteiger partial charge in [0.05, 0.1) is 17.9 Å². The number of halogens is 1.